The molecule has 4 nitrogen and oxygen atoms in total. The van der Waals surface area contributed by atoms with Crippen molar-refractivity contribution in [1.82, 2.24) is 15.2 Å². The van der Waals surface area contributed by atoms with Crippen LogP contribution in [0.15, 0.2) is 48.7 Å². The van der Waals surface area contributed by atoms with Crippen molar-refractivity contribution in [1.29, 1.82) is 0 Å². The first kappa shape index (κ1) is 16.9. The maximum Gasteiger partial charge on any atom is 0.225 e. The maximum absolute atomic E-state index is 12.8. The predicted molar refractivity (Wildman–Crippen MR) is 95.9 cm³/mol. The highest BCUT2D eigenvalue weighted by Crippen LogP contribution is 2.33. The number of halogens is 1. The predicted octanol–water partition coefficient (Wildman–Crippen LogP) is 3.09. The summed E-state index contributed by atoms with van der Waals surface area (Å²) < 4.78 is 0. The molecule has 3 rings (SSSR count). The highest BCUT2D eigenvalue weighted by molar-refractivity contribution is 6.30. The molecule has 1 amide bonds. The molecule has 0 spiro atoms. The zero-order valence-electron chi connectivity index (χ0n) is 13.8. The lowest BCUT2D eigenvalue weighted by Crippen LogP contribution is -2.45. The van der Waals surface area contributed by atoms with Crippen LogP contribution in [0.1, 0.15) is 23.6 Å². The van der Waals surface area contributed by atoms with Crippen molar-refractivity contribution in [2.24, 2.45) is 5.92 Å². The third-order valence-electron chi connectivity index (χ3n) is 4.62. The van der Waals surface area contributed by atoms with E-state index in [4.69, 9.17) is 11.6 Å². The molecule has 126 valence electrons. The number of nitrogens with one attached hydrogen (secondary N) is 1. The number of benzene rings is 1. The summed E-state index contributed by atoms with van der Waals surface area (Å²) >= 11 is 6.00. The summed E-state index contributed by atoms with van der Waals surface area (Å²) in [7, 11) is 2.07. The minimum absolute atomic E-state index is 0.0614. The van der Waals surface area contributed by atoms with E-state index in [1.807, 2.05) is 42.5 Å². The number of aromatic nitrogens is 1. The third kappa shape index (κ3) is 4.13. The number of hydrogen-bond donors (Lipinski definition) is 1. The number of carbonyl (C=O) groups is 1. The Balaban J connectivity index is 1.71. The minimum Gasteiger partial charge on any atom is -0.350 e. The Morgan fingerprint density at radius 2 is 2.08 bits per heavy atom. The molecule has 2 heterocycles. The van der Waals surface area contributed by atoms with Crippen molar-refractivity contribution in [2.45, 2.75) is 18.9 Å². The maximum atomic E-state index is 12.8. The molecule has 1 saturated heterocycles. The molecule has 0 radical (unpaired) electrons. The molecule has 5 heteroatoms. The van der Waals surface area contributed by atoms with Gasteiger partial charge in [0.2, 0.25) is 5.91 Å². The van der Waals surface area contributed by atoms with Crippen LogP contribution in [0.5, 0.6) is 0 Å². The molecule has 2 unspecified atom stereocenters. The molecule has 1 aromatic heterocycles. The van der Waals surface area contributed by atoms with E-state index in [1.165, 1.54) is 5.56 Å². The van der Waals surface area contributed by atoms with Crippen molar-refractivity contribution in [2.75, 3.05) is 20.1 Å². The lowest BCUT2D eigenvalue weighted by molar-refractivity contribution is -0.127. The van der Waals surface area contributed by atoms with Crippen LogP contribution in [0.3, 0.4) is 0 Å². The van der Waals surface area contributed by atoms with Gasteiger partial charge in [-0.2, -0.15) is 0 Å². The molecule has 1 N–H and O–H groups in total. The van der Waals surface area contributed by atoms with E-state index in [1.54, 1.807) is 6.20 Å². The second kappa shape index (κ2) is 7.77. The van der Waals surface area contributed by atoms with Crippen molar-refractivity contribution < 1.29 is 4.79 Å². The molecule has 1 aliphatic rings. The van der Waals surface area contributed by atoms with Crippen LogP contribution < -0.4 is 5.32 Å². The summed E-state index contributed by atoms with van der Waals surface area (Å²) in [6.45, 7) is 2.23. The first-order chi connectivity index (χ1) is 11.6. The second-order valence-corrected chi connectivity index (χ2v) is 6.79. The zero-order valence-corrected chi connectivity index (χ0v) is 14.5. The van der Waals surface area contributed by atoms with Crippen molar-refractivity contribution in [3.63, 3.8) is 0 Å². The Labute approximate surface area is 147 Å². The Kier molecular flexibility index (Phi) is 5.48. The van der Waals surface area contributed by atoms with Gasteiger partial charge >= 0.3 is 0 Å². The third-order valence-corrected chi connectivity index (χ3v) is 4.87. The van der Waals surface area contributed by atoms with Crippen LogP contribution in [0.2, 0.25) is 5.02 Å². The average Bonchev–Trinajstić information content (AvgIpc) is 2.61. The van der Waals surface area contributed by atoms with E-state index in [2.05, 4.69) is 22.2 Å². The van der Waals surface area contributed by atoms with Crippen molar-refractivity contribution >= 4 is 17.5 Å². The van der Waals surface area contributed by atoms with Gasteiger partial charge in [-0.15, -0.1) is 0 Å². The lowest BCUT2D eigenvalue weighted by atomic mass is 9.80. The van der Waals surface area contributed by atoms with Gasteiger partial charge < -0.3 is 10.2 Å². The molecule has 1 aromatic carbocycles. The molecule has 0 aliphatic carbocycles. The zero-order chi connectivity index (χ0) is 16.9. The summed E-state index contributed by atoms with van der Waals surface area (Å²) in [5.74, 6) is 0.253. The summed E-state index contributed by atoms with van der Waals surface area (Å²) in [6, 6.07) is 13.6. The summed E-state index contributed by atoms with van der Waals surface area (Å²) in [6.07, 6.45) is 2.71. The van der Waals surface area contributed by atoms with Crippen LogP contribution in [-0.4, -0.2) is 35.9 Å². The summed E-state index contributed by atoms with van der Waals surface area (Å²) in [5.41, 5.74) is 2.06. The molecule has 2 aromatic rings. The van der Waals surface area contributed by atoms with Crippen LogP contribution in [0.25, 0.3) is 0 Å². The quantitative estimate of drug-likeness (QED) is 0.927. The first-order valence-electron chi connectivity index (χ1n) is 8.25. The molecule has 1 aliphatic heterocycles. The van der Waals surface area contributed by atoms with Gasteiger partial charge in [0, 0.05) is 17.8 Å². The van der Waals surface area contributed by atoms with E-state index in [0.29, 0.717) is 6.54 Å². The van der Waals surface area contributed by atoms with Gasteiger partial charge in [-0.25, -0.2) is 0 Å². The Morgan fingerprint density at radius 3 is 2.79 bits per heavy atom. The smallest absolute Gasteiger partial charge is 0.225 e. The highest BCUT2D eigenvalue weighted by Gasteiger charge is 2.33. The Bertz CT molecular complexity index is 675. The molecule has 0 saturated carbocycles. The Hall–Kier alpha value is -1.91. The Morgan fingerprint density at radius 1 is 1.29 bits per heavy atom. The van der Waals surface area contributed by atoms with E-state index in [-0.39, 0.29) is 17.7 Å². The van der Waals surface area contributed by atoms with Crippen LogP contribution >= 0.6 is 11.6 Å². The van der Waals surface area contributed by atoms with Gasteiger partial charge in [0.1, 0.15) is 0 Å². The van der Waals surface area contributed by atoms with Crippen molar-refractivity contribution in [3.8, 4) is 0 Å². The lowest BCUT2D eigenvalue weighted by Gasteiger charge is -2.36. The molecule has 1 fully saturated rings. The molecule has 24 heavy (non-hydrogen) atoms. The molecule has 2 atom stereocenters. The fourth-order valence-electron chi connectivity index (χ4n) is 3.30. The largest absolute Gasteiger partial charge is 0.350 e. The average molecular weight is 344 g/mol. The first-order valence-corrected chi connectivity index (χ1v) is 8.63. The van der Waals surface area contributed by atoms with Gasteiger partial charge in [0.25, 0.3) is 0 Å². The number of hydrogen-bond acceptors (Lipinski definition) is 3. The summed E-state index contributed by atoms with van der Waals surface area (Å²) in [5, 5.41) is 3.77. The highest BCUT2D eigenvalue weighted by atomic mass is 35.5. The van der Waals surface area contributed by atoms with Gasteiger partial charge in [0.15, 0.2) is 0 Å². The number of amides is 1. The molecule has 0 bridgehead atoms. The van der Waals surface area contributed by atoms with Crippen LogP contribution in [0.4, 0.5) is 0 Å². The van der Waals surface area contributed by atoms with Gasteiger partial charge in [0.05, 0.1) is 18.2 Å². The molecular weight excluding hydrogens is 322 g/mol. The molecular formula is C19H22ClN3O. The fraction of sp³-hybridized carbons (Fsp3) is 0.368. The number of pyridine rings is 1. The van der Waals surface area contributed by atoms with Crippen molar-refractivity contribution in [3.05, 3.63) is 64.9 Å². The van der Waals surface area contributed by atoms with Crippen LogP contribution in [-0.2, 0) is 11.3 Å². The SMILES string of the molecule is CN1CCC(c2ccc(Cl)cc2)C(C(=O)NCc2ccccn2)C1. The normalized spacial score (nSPS) is 21.4. The number of carbonyl (C=O) groups excluding carboxylic acids is 1. The number of nitrogens with zero attached hydrogens (tertiary/aromatic N) is 2. The van der Waals surface area contributed by atoms with E-state index in [9.17, 15) is 4.79 Å². The van der Waals surface area contributed by atoms with Gasteiger partial charge in [-0.1, -0.05) is 29.8 Å². The van der Waals surface area contributed by atoms with Gasteiger partial charge in [-0.3, -0.25) is 9.78 Å². The number of rotatable bonds is 4. The minimum atomic E-state index is -0.0614. The number of piperidine rings is 1. The fourth-order valence-corrected chi connectivity index (χ4v) is 3.43. The number of likely N-dealkylation sites (tertiary alicyclic amines) is 1. The van der Waals surface area contributed by atoms with Crippen LogP contribution in [0, 0.1) is 5.92 Å². The monoisotopic (exact) mass is 343 g/mol. The second-order valence-electron chi connectivity index (χ2n) is 6.35. The van der Waals surface area contributed by atoms with E-state index < -0.39 is 0 Å². The topological polar surface area (TPSA) is 45.2 Å². The summed E-state index contributed by atoms with van der Waals surface area (Å²) in [4.78, 5) is 19.3. The van der Waals surface area contributed by atoms with E-state index >= 15 is 0 Å². The standard InChI is InChI=1S/C19H22ClN3O/c1-23-11-9-17(14-5-7-15(20)8-6-14)18(13-23)19(24)22-12-16-4-2-3-10-21-16/h2-8,10,17-18H,9,11-13H2,1H3,(H,22,24). The van der Waals surface area contributed by atoms with Gasteiger partial charge in [-0.05, 0) is 55.8 Å². The van der Waals surface area contributed by atoms with E-state index in [0.717, 1.165) is 30.2 Å².